The van der Waals surface area contributed by atoms with Gasteiger partial charge in [-0.05, 0) is 44.7 Å². The first-order chi connectivity index (χ1) is 9.49. The van der Waals surface area contributed by atoms with E-state index in [1.165, 1.54) is 5.56 Å². The number of likely N-dealkylation sites (N-methyl/N-ethyl adjacent to an activating group) is 1. The minimum atomic E-state index is 0.00525. The van der Waals surface area contributed by atoms with Gasteiger partial charge in [0.05, 0.1) is 6.26 Å². The number of aryl methyl sites for hydroxylation is 1. The van der Waals surface area contributed by atoms with Gasteiger partial charge in [-0.1, -0.05) is 23.7 Å². The molecule has 2 N–H and O–H groups in total. The average Bonchev–Trinajstić information content (AvgIpc) is 2.74. The van der Waals surface area contributed by atoms with Crippen LogP contribution in [0, 0.1) is 6.92 Å². The molecule has 1 aromatic carbocycles. The minimum absolute atomic E-state index is 0.00525. The second-order valence-electron chi connectivity index (χ2n) is 5.28. The topological polar surface area (TPSA) is 42.4 Å². The number of hydrogen-bond donors (Lipinski definition) is 1. The summed E-state index contributed by atoms with van der Waals surface area (Å²) in [4.78, 5) is 2.23. The minimum Gasteiger partial charge on any atom is -0.469 e. The number of nitrogens with zero attached hydrogens (tertiary/aromatic N) is 1. The molecule has 0 bridgehead atoms. The first-order valence-corrected chi connectivity index (χ1v) is 7.11. The van der Waals surface area contributed by atoms with Crippen molar-refractivity contribution in [3.05, 3.63) is 58.5 Å². The normalized spacial score (nSPS) is 14.5. The molecule has 0 aliphatic heterocycles. The van der Waals surface area contributed by atoms with E-state index in [-0.39, 0.29) is 12.1 Å². The van der Waals surface area contributed by atoms with Crippen molar-refractivity contribution in [2.75, 3.05) is 7.05 Å². The van der Waals surface area contributed by atoms with Crippen molar-refractivity contribution in [3.8, 4) is 0 Å². The molecule has 1 heterocycles. The highest BCUT2D eigenvalue weighted by Gasteiger charge is 2.22. The molecule has 2 aromatic rings. The molecular weight excluding hydrogens is 272 g/mol. The molecule has 2 atom stereocenters. The second-order valence-corrected chi connectivity index (χ2v) is 5.71. The van der Waals surface area contributed by atoms with E-state index in [9.17, 15) is 0 Å². The maximum atomic E-state index is 6.18. The highest BCUT2D eigenvalue weighted by atomic mass is 35.5. The van der Waals surface area contributed by atoms with Gasteiger partial charge in [-0.2, -0.15) is 0 Å². The number of benzene rings is 1. The number of furan rings is 1. The molecule has 0 aliphatic rings. The van der Waals surface area contributed by atoms with Crippen molar-refractivity contribution < 1.29 is 4.42 Å². The zero-order valence-electron chi connectivity index (χ0n) is 12.1. The first-order valence-electron chi connectivity index (χ1n) is 6.73. The number of nitrogens with two attached hydrogens (primary N) is 1. The van der Waals surface area contributed by atoms with Crippen molar-refractivity contribution in [1.82, 2.24) is 4.90 Å². The molecule has 2 unspecified atom stereocenters. The van der Waals surface area contributed by atoms with Gasteiger partial charge < -0.3 is 10.2 Å². The predicted octanol–water partition coefficient (Wildman–Crippen LogP) is 3.76. The average molecular weight is 293 g/mol. The third kappa shape index (κ3) is 3.42. The third-order valence-electron chi connectivity index (χ3n) is 3.55. The van der Waals surface area contributed by atoms with Crippen LogP contribution in [0.4, 0.5) is 0 Å². The highest BCUT2D eigenvalue weighted by molar-refractivity contribution is 6.30. The maximum absolute atomic E-state index is 6.18. The molecule has 3 nitrogen and oxygen atoms in total. The van der Waals surface area contributed by atoms with Crippen LogP contribution in [0.2, 0.25) is 5.02 Å². The van der Waals surface area contributed by atoms with E-state index in [0.29, 0.717) is 0 Å². The van der Waals surface area contributed by atoms with Gasteiger partial charge in [0.1, 0.15) is 5.76 Å². The van der Waals surface area contributed by atoms with Crippen LogP contribution in [-0.4, -0.2) is 18.0 Å². The van der Waals surface area contributed by atoms with Gasteiger partial charge in [0.2, 0.25) is 0 Å². The highest BCUT2D eigenvalue weighted by Crippen LogP contribution is 2.26. The Morgan fingerprint density at radius 2 is 2.10 bits per heavy atom. The molecule has 4 heteroatoms. The van der Waals surface area contributed by atoms with Gasteiger partial charge in [0.25, 0.3) is 0 Å². The Balaban J connectivity index is 2.22. The number of rotatable bonds is 5. The summed E-state index contributed by atoms with van der Waals surface area (Å²) in [5, 5.41) is 0.737. The van der Waals surface area contributed by atoms with E-state index in [0.717, 1.165) is 22.9 Å². The Kier molecular flexibility index (Phi) is 4.86. The van der Waals surface area contributed by atoms with Gasteiger partial charge in [0, 0.05) is 29.2 Å². The summed E-state index contributed by atoms with van der Waals surface area (Å²) in [6.07, 6.45) is 1.72. The summed E-state index contributed by atoms with van der Waals surface area (Å²) in [6.45, 7) is 4.79. The summed E-state index contributed by atoms with van der Waals surface area (Å²) in [5.41, 5.74) is 8.49. The smallest absolute Gasteiger partial charge is 0.105 e. The second kappa shape index (κ2) is 6.44. The lowest BCUT2D eigenvalue weighted by Gasteiger charge is -2.31. The van der Waals surface area contributed by atoms with Gasteiger partial charge in [0.15, 0.2) is 0 Å². The molecule has 20 heavy (non-hydrogen) atoms. The summed E-state index contributed by atoms with van der Waals surface area (Å²) in [6, 6.07) is 10.0. The van der Waals surface area contributed by atoms with Crippen LogP contribution in [0.3, 0.4) is 0 Å². The van der Waals surface area contributed by atoms with Crippen LogP contribution < -0.4 is 5.73 Å². The van der Waals surface area contributed by atoms with Crippen molar-refractivity contribution in [3.63, 3.8) is 0 Å². The van der Waals surface area contributed by atoms with E-state index < -0.39 is 0 Å². The van der Waals surface area contributed by atoms with E-state index in [4.69, 9.17) is 21.8 Å². The first kappa shape index (κ1) is 15.1. The fourth-order valence-electron chi connectivity index (χ4n) is 2.59. The number of hydrogen-bond acceptors (Lipinski definition) is 3. The maximum Gasteiger partial charge on any atom is 0.105 e. The Morgan fingerprint density at radius 1 is 1.35 bits per heavy atom. The van der Waals surface area contributed by atoms with Gasteiger partial charge in [-0.15, -0.1) is 0 Å². The Morgan fingerprint density at radius 3 is 2.65 bits per heavy atom. The van der Waals surface area contributed by atoms with Crippen LogP contribution in [0.1, 0.15) is 29.9 Å². The summed E-state index contributed by atoms with van der Waals surface area (Å²) in [7, 11) is 2.07. The SMILES string of the molecule is Cc1occc1CN(C)C(c1cccc(Cl)c1)C(C)N. The summed E-state index contributed by atoms with van der Waals surface area (Å²) >= 11 is 6.09. The van der Waals surface area contributed by atoms with E-state index >= 15 is 0 Å². The van der Waals surface area contributed by atoms with Crippen LogP contribution in [0.25, 0.3) is 0 Å². The molecule has 1 aromatic heterocycles. The number of halogens is 1. The molecule has 108 valence electrons. The Hall–Kier alpha value is -1.29. The lowest BCUT2D eigenvalue weighted by molar-refractivity contribution is 0.210. The molecule has 0 aliphatic carbocycles. The zero-order valence-corrected chi connectivity index (χ0v) is 12.9. The monoisotopic (exact) mass is 292 g/mol. The van der Waals surface area contributed by atoms with Crippen molar-refractivity contribution >= 4 is 11.6 Å². The zero-order chi connectivity index (χ0) is 14.7. The molecular formula is C16H21ClN2O. The Labute approximate surface area is 125 Å². The van der Waals surface area contributed by atoms with Crippen LogP contribution >= 0.6 is 11.6 Å². The fraction of sp³-hybridized carbons (Fsp3) is 0.375. The molecule has 0 spiro atoms. The van der Waals surface area contributed by atoms with Crippen molar-refractivity contribution in [2.45, 2.75) is 32.5 Å². The van der Waals surface area contributed by atoms with Crippen LogP contribution in [0.5, 0.6) is 0 Å². The van der Waals surface area contributed by atoms with E-state index in [1.807, 2.05) is 38.1 Å². The lowest BCUT2D eigenvalue weighted by Crippen LogP contribution is -2.37. The third-order valence-corrected chi connectivity index (χ3v) is 3.78. The van der Waals surface area contributed by atoms with Crippen LogP contribution in [-0.2, 0) is 6.54 Å². The largest absolute Gasteiger partial charge is 0.469 e. The standard InChI is InChI=1S/C16H21ClN2O/c1-11(18)16(13-5-4-6-15(17)9-13)19(3)10-14-7-8-20-12(14)2/h4-9,11,16H,10,18H2,1-3H3. The lowest BCUT2D eigenvalue weighted by atomic mass is 9.99. The van der Waals surface area contributed by atoms with E-state index in [1.54, 1.807) is 6.26 Å². The van der Waals surface area contributed by atoms with Gasteiger partial charge in [-0.25, -0.2) is 0 Å². The molecule has 0 saturated carbocycles. The molecule has 0 fully saturated rings. The quantitative estimate of drug-likeness (QED) is 0.912. The van der Waals surface area contributed by atoms with Crippen LogP contribution in [0.15, 0.2) is 41.0 Å². The van der Waals surface area contributed by atoms with Crippen molar-refractivity contribution in [1.29, 1.82) is 0 Å². The molecule has 0 saturated heterocycles. The summed E-state index contributed by atoms with van der Waals surface area (Å²) < 4.78 is 5.35. The van der Waals surface area contributed by atoms with E-state index in [2.05, 4.69) is 18.0 Å². The predicted molar refractivity (Wildman–Crippen MR) is 82.8 cm³/mol. The van der Waals surface area contributed by atoms with Crippen molar-refractivity contribution in [2.24, 2.45) is 5.73 Å². The fourth-order valence-corrected chi connectivity index (χ4v) is 2.79. The molecule has 0 amide bonds. The Bertz CT molecular complexity index is 565. The summed E-state index contributed by atoms with van der Waals surface area (Å²) in [5.74, 6) is 0.950. The van der Waals surface area contributed by atoms with Gasteiger partial charge >= 0.3 is 0 Å². The van der Waals surface area contributed by atoms with Gasteiger partial charge in [-0.3, -0.25) is 4.90 Å². The molecule has 0 radical (unpaired) electrons. The molecule has 2 rings (SSSR count).